The first-order valence-electron chi connectivity index (χ1n) is 7.98. The largest absolute Gasteiger partial charge is 0.368 e. The summed E-state index contributed by atoms with van der Waals surface area (Å²) in [6.45, 7) is 5.45. The monoisotopic (exact) mass is 331 g/mol. The highest BCUT2D eigenvalue weighted by molar-refractivity contribution is 5.88. The number of allylic oxidation sites excluding steroid dienone is 1. The van der Waals surface area contributed by atoms with Gasteiger partial charge in [-0.2, -0.15) is 0 Å². The summed E-state index contributed by atoms with van der Waals surface area (Å²) in [4.78, 5) is 35.1. The summed E-state index contributed by atoms with van der Waals surface area (Å²) in [6, 6.07) is 8.69. The van der Waals surface area contributed by atoms with Crippen LogP contribution in [0.15, 0.2) is 43.0 Å². The van der Waals surface area contributed by atoms with E-state index in [1.54, 1.807) is 6.08 Å². The van der Waals surface area contributed by atoms with Crippen molar-refractivity contribution in [2.75, 3.05) is 0 Å². The normalized spacial score (nSPS) is 12.7. The van der Waals surface area contributed by atoms with Crippen LogP contribution in [0.5, 0.6) is 0 Å². The standard InChI is InChI=1S/C18H25N3O3/c1-3-4-10-15(18(19)24)21-17(23)12-11-16(22)20-13(2)14-8-6-5-7-9-14/h3,5-9,13,15H,1,4,10-12H2,2H3,(H2,19,24)(H,20,22)(H,21,23)/t13-,15-/m1/s1. The highest BCUT2D eigenvalue weighted by Gasteiger charge is 2.18. The van der Waals surface area contributed by atoms with Gasteiger partial charge in [-0.3, -0.25) is 14.4 Å². The summed E-state index contributed by atoms with van der Waals surface area (Å²) in [6.07, 6.45) is 2.69. The average molecular weight is 331 g/mol. The third kappa shape index (κ3) is 7.09. The minimum Gasteiger partial charge on any atom is -0.368 e. The predicted molar refractivity (Wildman–Crippen MR) is 92.8 cm³/mol. The van der Waals surface area contributed by atoms with Gasteiger partial charge in [0, 0.05) is 12.8 Å². The Labute approximate surface area is 142 Å². The fourth-order valence-electron chi connectivity index (χ4n) is 2.20. The topological polar surface area (TPSA) is 101 Å². The molecule has 3 amide bonds. The van der Waals surface area contributed by atoms with Gasteiger partial charge >= 0.3 is 0 Å². The van der Waals surface area contributed by atoms with E-state index in [0.29, 0.717) is 12.8 Å². The Balaban J connectivity index is 2.38. The molecule has 0 unspecified atom stereocenters. The Morgan fingerprint density at radius 3 is 2.25 bits per heavy atom. The lowest BCUT2D eigenvalue weighted by Gasteiger charge is -2.16. The lowest BCUT2D eigenvalue weighted by molar-refractivity contribution is -0.129. The van der Waals surface area contributed by atoms with Gasteiger partial charge in [0.1, 0.15) is 6.04 Å². The minimum absolute atomic E-state index is 0.00517. The number of hydrogen-bond donors (Lipinski definition) is 3. The molecule has 6 heteroatoms. The Bertz CT molecular complexity index is 572. The average Bonchev–Trinajstić information content (AvgIpc) is 2.57. The molecule has 0 saturated carbocycles. The molecular weight excluding hydrogens is 306 g/mol. The predicted octanol–water partition coefficient (Wildman–Crippen LogP) is 1.58. The van der Waals surface area contributed by atoms with E-state index in [9.17, 15) is 14.4 Å². The molecule has 1 aromatic rings. The van der Waals surface area contributed by atoms with Crippen molar-refractivity contribution in [3.05, 3.63) is 48.6 Å². The zero-order valence-corrected chi connectivity index (χ0v) is 14.0. The summed E-state index contributed by atoms with van der Waals surface area (Å²) >= 11 is 0. The second kappa shape index (κ2) is 10.2. The molecule has 0 aliphatic heterocycles. The highest BCUT2D eigenvalue weighted by atomic mass is 16.2. The van der Waals surface area contributed by atoms with Crippen LogP contribution >= 0.6 is 0 Å². The number of amides is 3. The lowest BCUT2D eigenvalue weighted by atomic mass is 10.1. The van der Waals surface area contributed by atoms with Gasteiger partial charge < -0.3 is 16.4 Å². The second-order valence-corrected chi connectivity index (χ2v) is 5.59. The quantitative estimate of drug-likeness (QED) is 0.567. The zero-order chi connectivity index (χ0) is 17.9. The Hall–Kier alpha value is -2.63. The van der Waals surface area contributed by atoms with E-state index in [2.05, 4.69) is 17.2 Å². The van der Waals surface area contributed by atoms with Crippen molar-refractivity contribution in [2.24, 2.45) is 5.73 Å². The maximum atomic E-state index is 11.9. The van der Waals surface area contributed by atoms with Gasteiger partial charge in [-0.05, 0) is 25.3 Å². The second-order valence-electron chi connectivity index (χ2n) is 5.59. The molecule has 1 rings (SSSR count). The van der Waals surface area contributed by atoms with Gasteiger partial charge in [0.05, 0.1) is 6.04 Å². The van der Waals surface area contributed by atoms with Crippen molar-refractivity contribution in [1.82, 2.24) is 10.6 Å². The summed E-state index contributed by atoms with van der Waals surface area (Å²) in [5.41, 5.74) is 6.24. The van der Waals surface area contributed by atoms with Crippen molar-refractivity contribution in [1.29, 1.82) is 0 Å². The first-order valence-corrected chi connectivity index (χ1v) is 7.98. The van der Waals surface area contributed by atoms with Gasteiger partial charge in [-0.1, -0.05) is 36.4 Å². The molecule has 0 saturated heterocycles. The van der Waals surface area contributed by atoms with Crippen LogP contribution in [0.4, 0.5) is 0 Å². The molecule has 0 heterocycles. The number of rotatable bonds is 10. The maximum Gasteiger partial charge on any atom is 0.240 e. The smallest absolute Gasteiger partial charge is 0.240 e. The fraction of sp³-hybridized carbons (Fsp3) is 0.389. The molecule has 0 radical (unpaired) electrons. The van der Waals surface area contributed by atoms with E-state index in [1.807, 2.05) is 37.3 Å². The Morgan fingerprint density at radius 2 is 1.71 bits per heavy atom. The van der Waals surface area contributed by atoms with Crippen molar-refractivity contribution < 1.29 is 14.4 Å². The molecule has 0 aliphatic carbocycles. The van der Waals surface area contributed by atoms with Crippen LogP contribution in [-0.4, -0.2) is 23.8 Å². The van der Waals surface area contributed by atoms with Crippen LogP contribution < -0.4 is 16.4 Å². The van der Waals surface area contributed by atoms with E-state index in [1.165, 1.54) is 0 Å². The first kappa shape index (κ1) is 19.4. The van der Waals surface area contributed by atoms with Gasteiger partial charge in [0.25, 0.3) is 0 Å². The third-order valence-corrected chi connectivity index (χ3v) is 3.59. The SMILES string of the molecule is C=CCC[C@@H](NC(=O)CCC(=O)N[C@H](C)c1ccccc1)C(N)=O. The molecule has 1 aromatic carbocycles. The van der Waals surface area contributed by atoms with Crippen LogP contribution in [0.2, 0.25) is 0 Å². The number of nitrogens with two attached hydrogens (primary N) is 1. The van der Waals surface area contributed by atoms with Crippen molar-refractivity contribution in [3.63, 3.8) is 0 Å². The zero-order valence-electron chi connectivity index (χ0n) is 14.0. The van der Waals surface area contributed by atoms with Gasteiger partial charge in [-0.25, -0.2) is 0 Å². The molecule has 0 bridgehead atoms. The molecule has 4 N–H and O–H groups in total. The number of hydrogen-bond acceptors (Lipinski definition) is 3. The molecule has 0 aromatic heterocycles. The lowest BCUT2D eigenvalue weighted by Crippen LogP contribution is -2.44. The van der Waals surface area contributed by atoms with Crippen LogP contribution in [0.25, 0.3) is 0 Å². The molecule has 6 nitrogen and oxygen atoms in total. The number of nitrogens with one attached hydrogen (secondary N) is 2. The Kier molecular flexibility index (Phi) is 8.25. The molecule has 0 spiro atoms. The number of carbonyl (C=O) groups is 3. The number of primary amides is 1. The molecule has 2 atom stereocenters. The first-order chi connectivity index (χ1) is 11.4. The van der Waals surface area contributed by atoms with Gasteiger partial charge in [-0.15, -0.1) is 6.58 Å². The van der Waals surface area contributed by atoms with Gasteiger partial charge in [0.2, 0.25) is 17.7 Å². The van der Waals surface area contributed by atoms with E-state index >= 15 is 0 Å². The van der Waals surface area contributed by atoms with Crippen molar-refractivity contribution in [3.8, 4) is 0 Å². The summed E-state index contributed by atoms with van der Waals surface area (Å²) in [5.74, 6) is -1.18. The van der Waals surface area contributed by atoms with Crippen LogP contribution in [0, 0.1) is 0 Å². The summed E-state index contributed by atoms with van der Waals surface area (Å²) in [5, 5.41) is 5.39. The molecule has 130 valence electrons. The van der Waals surface area contributed by atoms with E-state index in [-0.39, 0.29) is 30.7 Å². The van der Waals surface area contributed by atoms with Crippen LogP contribution in [-0.2, 0) is 14.4 Å². The number of carbonyl (C=O) groups excluding carboxylic acids is 3. The van der Waals surface area contributed by atoms with E-state index in [4.69, 9.17) is 5.73 Å². The van der Waals surface area contributed by atoms with Crippen molar-refractivity contribution in [2.45, 2.75) is 44.7 Å². The van der Waals surface area contributed by atoms with Crippen LogP contribution in [0.3, 0.4) is 0 Å². The Morgan fingerprint density at radius 1 is 1.12 bits per heavy atom. The maximum absolute atomic E-state index is 11.9. The summed E-state index contributed by atoms with van der Waals surface area (Å²) < 4.78 is 0. The fourth-order valence-corrected chi connectivity index (χ4v) is 2.20. The molecule has 0 aliphatic rings. The third-order valence-electron chi connectivity index (χ3n) is 3.59. The molecule has 0 fully saturated rings. The highest BCUT2D eigenvalue weighted by Crippen LogP contribution is 2.11. The van der Waals surface area contributed by atoms with Gasteiger partial charge in [0.15, 0.2) is 0 Å². The minimum atomic E-state index is -0.734. The van der Waals surface area contributed by atoms with E-state index in [0.717, 1.165) is 5.56 Å². The van der Waals surface area contributed by atoms with E-state index < -0.39 is 11.9 Å². The molecule has 24 heavy (non-hydrogen) atoms. The molecular formula is C18H25N3O3. The van der Waals surface area contributed by atoms with Crippen LogP contribution in [0.1, 0.15) is 44.2 Å². The van der Waals surface area contributed by atoms with Crippen molar-refractivity contribution >= 4 is 17.7 Å². The number of benzene rings is 1. The summed E-state index contributed by atoms with van der Waals surface area (Å²) in [7, 11) is 0.